The molecule has 2 amide bonds. The van der Waals surface area contributed by atoms with Crippen LogP contribution in [-0.2, 0) is 19.1 Å². The molecule has 0 aromatic heterocycles. The second-order valence-electron chi connectivity index (χ2n) is 7.36. The molecule has 1 N–H and O–H groups in total. The zero-order chi connectivity index (χ0) is 21.4. The molecule has 0 bridgehead atoms. The molecule has 8 heteroatoms. The molecule has 0 aliphatic carbocycles. The number of esters is 1. The number of nitrogens with one attached hydrogen (secondary N) is 1. The Hall–Kier alpha value is -2.77. The standard InChI is InChI=1S/C21H30N2O6/c1-14(2)9-12-28-19(24)13-16-20(25)22-10-11-23(16)21(26)15(3)29-18-8-6-5-7-17(18)27-4/h5-8,14-16H,9-13H2,1-4H3,(H,22,25). The number of hydrogen-bond acceptors (Lipinski definition) is 6. The highest BCUT2D eigenvalue weighted by molar-refractivity contribution is 5.93. The zero-order valence-corrected chi connectivity index (χ0v) is 17.5. The maximum Gasteiger partial charge on any atom is 0.308 e. The summed E-state index contributed by atoms with van der Waals surface area (Å²) < 4.78 is 16.2. The molecule has 2 atom stereocenters. The molecule has 1 aromatic carbocycles. The summed E-state index contributed by atoms with van der Waals surface area (Å²) in [5.74, 6) is 0.118. The largest absolute Gasteiger partial charge is 0.493 e. The Labute approximate surface area is 171 Å². The van der Waals surface area contributed by atoms with Crippen molar-refractivity contribution in [3.8, 4) is 11.5 Å². The molecule has 1 heterocycles. The van der Waals surface area contributed by atoms with Crippen LogP contribution in [0.5, 0.6) is 11.5 Å². The normalized spacial score (nSPS) is 17.5. The lowest BCUT2D eigenvalue weighted by Gasteiger charge is -2.36. The minimum absolute atomic E-state index is 0.183. The van der Waals surface area contributed by atoms with Crippen molar-refractivity contribution in [2.24, 2.45) is 5.92 Å². The van der Waals surface area contributed by atoms with E-state index in [1.54, 1.807) is 31.2 Å². The van der Waals surface area contributed by atoms with Gasteiger partial charge in [0, 0.05) is 13.1 Å². The highest BCUT2D eigenvalue weighted by atomic mass is 16.5. The monoisotopic (exact) mass is 406 g/mol. The van der Waals surface area contributed by atoms with E-state index in [1.807, 2.05) is 13.8 Å². The third-order valence-corrected chi connectivity index (χ3v) is 4.65. The van der Waals surface area contributed by atoms with Crippen LogP contribution in [0.2, 0.25) is 0 Å². The van der Waals surface area contributed by atoms with E-state index in [9.17, 15) is 14.4 Å². The molecule has 8 nitrogen and oxygen atoms in total. The number of carbonyl (C=O) groups is 3. The number of para-hydroxylation sites is 2. The SMILES string of the molecule is COc1ccccc1OC(C)C(=O)N1CCNC(=O)C1CC(=O)OCCC(C)C. The Kier molecular flexibility index (Phi) is 8.30. The quantitative estimate of drug-likeness (QED) is 0.628. The van der Waals surface area contributed by atoms with Gasteiger partial charge in [-0.1, -0.05) is 26.0 Å². The highest BCUT2D eigenvalue weighted by Crippen LogP contribution is 2.27. The summed E-state index contributed by atoms with van der Waals surface area (Å²) in [4.78, 5) is 38.9. The van der Waals surface area contributed by atoms with Crippen LogP contribution in [0.25, 0.3) is 0 Å². The van der Waals surface area contributed by atoms with Gasteiger partial charge >= 0.3 is 5.97 Å². The van der Waals surface area contributed by atoms with Gasteiger partial charge < -0.3 is 24.4 Å². The fourth-order valence-corrected chi connectivity index (χ4v) is 3.00. The number of benzene rings is 1. The summed E-state index contributed by atoms with van der Waals surface area (Å²) in [7, 11) is 1.52. The van der Waals surface area contributed by atoms with E-state index in [2.05, 4.69) is 5.32 Å². The molecule has 2 rings (SSSR count). The first kappa shape index (κ1) is 22.5. The van der Waals surface area contributed by atoms with Gasteiger partial charge in [-0.15, -0.1) is 0 Å². The number of carbonyl (C=O) groups excluding carboxylic acids is 3. The molecule has 1 aliphatic heterocycles. The number of rotatable bonds is 9. The molecule has 1 fully saturated rings. The van der Waals surface area contributed by atoms with Crippen LogP contribution >= 0.6 is 0 Å². The van der Waals surface area contributed by atoms with E-state index < -0.39 is 18.1 Å². The van der Waals surface area contributed by atoms with Crippen molar-refractivity contribution in [2.45, 2.75) is 45.8 Å². The first-order chi connectivity index (χ1) is 13.8. The number of methoxy groups -OCH3 is 1. The van der Waals surface area contributed by atoms with Crippen LogP contribution in [0.15, 0.2) is 24.3 Å². The first-order valence-electron chi connectivity index (χ1n) is 9.87. The first-order valence-corrected chi connectivity index (χ1v) is 9.87. The Morgan fingerprint density at radius 2 is 1.90 bits per heavy atom. The summed E-state index contributed by atoms with van der Waals surface area (Å²) in [6.07, 6.45) is -0.289. The maximum atomic E-state index is 13.0. The summed E-state index contributed by atoms with van der Waals surface area (Å²) in [5, 5.41) is 2.70. The van der Waals surface area contributed by atoms with E-state index in [0.717, 1.165) is 6.42 Å². The predicted octanol–water partition coefficient (Wildman–Crippen LogP) is 1.77. The molecular weight excluding hydrogens is 376 g/mol. The highest BCUT2D eigenvalue weighted by Gasteiger charge is 2.37. The Balaban J connectivity index is 2.03. The lowest BCUT2D eigenvalue weighted by atomic mass is 10.1. The summed E-state index contributed by atoms with van der Waals surface area (Å²) >= 11 is 0. The molecule has 1 saturated heterocycles. The second-order valence-corrected chi connectivity index (χ2v) is 7.36. The van der Waals surface area contributed by atoms with Gasteiger partial charge in [-0.25, -0.2) is 0 Å². The Bertz CT molecular complexity index is 721. The van der Waals surface area contributed by atoms with Crippen LogP contribution < -0.4 is 14.8 Å². The lowest BCUT2D eigenvalue weighted by molar-refractivity contribution is -0.154. The minimum atomic E-state index is -0.911. The average molecular weight is 406 g/mol. The number of ether oxygens (including phenoxy) is 3. The average Bonchev–Trinajstić information content (AvgIpc) is 2.69. The third kappa shape index (κ3) is 6.37. The molecule has 0 radical (unpaired) electrons. The van der Waals surface area contributed by atoms with Crippen LogP contribution in [0, 0.1) is 5.92 Å². The molecule has 1 aliphatic rings. The lowest BCUT2D eigenvalue weighted by Crippen LogP contribution is -2.60. The Morgan fingerprint density at radius 1 is 1.21 bits per heavy atom. The zero-order valence-electron chi connectivity index (χ0n) is 17.5. The van der Waals surface area contributed by atoms with E-state index >= 15 is 0 Å². The van der Waals surface area contributed by atoms with Crippen molar-refractivity contribution in [1.82, 2.24) is 10.2 Å². The number of amides is 2. The third-order valence-electron chi connectivity index (χ3n) is 4.65. The van der Waals surface area contributed by atoms with Crippen LogP contribution in [0.4, 0.5) is 0 Å². The molecule has 29 heavy (non-hydrogen) atoms. The molecule has 160 valence electrons. The smallest absolute Gasteiger partial charge is 0.308 e. The molecular formula is C21H30N2O6. The van der Waals surface area contributed by atoms with E-state index in [4.69, 9.17) is 14.2 Å². The van der Waals surface area contributed by atoms with Crippen LogP contribution in [0.3, 0.4) is 0 Å². The topological polar surface area (TPSA) is 94.2 Å². The van der Waals surface area contributed by atoms with Gasteiger partial charge in [0.2, 0.25) is 5.91 Å². The fourth-order valence-electron chi connectivity index (χ4n) is 3.00. The number of hydrogen-bond donors (Lipinski definition) is 1. The van der Waals surface area contributed by atoms with Crippen molar-refractivity contribution in [3.63, 3.8) is 0 Å². The van der Waals surface area contributed by atoms with Gasteiger partial charge in [0.05, 0.1) is 20.1 Å². The van der Waals surface area contributed by atoms with E-state index in [-0.39, 0.29) is 18.2 Å². The summed E-state index contributed by atoms with van der Waals surface area (Å²) in [6.45, 7) is 6.60. The van der Waals surface area contributed by atoms with Gasteiger partial charge in [0.25, 0.3) is 5.91 Å². The van der Waals surface area contributed by atoms with E-state index in [1.165, 1.54) is 12.0 Å². The maximum absolute atomic E-state index is 13.0. The van der Waals surface area contributed by atoms with Crippen molar-refractivity contribution < 1.29 is 28.6 Å². The van der Waals surface area contributed by atoms with E-state index in [0.29, 0.717) is 37.1 Å². The molecule has 0 saturated carbocycles. The Morgan fingerprint density at radius 3 is 2.55 bits per heavy atom. The molecule has 0 spiro atoms. The van der Waals surface area contributed by atoms with Gasteiger partial charge in [0.1, 0.15) is 6.04 Å². The van der Waals surface area contributed by atoms with Crippen LogP contribution in [0.1, 0.15) is 33.6 Å². The second kappa shape index (κ2) is 10.7. The summed E-state index contributed by atoms with van der Waals surface area (Å²) in [5.41, 5.74) is 0. The van der Waals surface area contributed by atoms with Crippen molar-refractivity contribution in [2.75, 3.05) is 26.8 Å². The molecule has 1 aromatic rings. The van der Waals surface area contributed by atoms with Gasteiger partial charge in [-0.2, -0.15) is 0 Å². The predicted molar refractivity (Wildman–Crippen MR) is 107 cm³/mol. The molecule has 2 unspecified atom stereocenters. The summed E-state index contributed by atoms with van der Waals surface area (Å²) in [6, 6.07) is 6.10. The van der Waals surface area contributed by atoms with Gasteiger partial charge in [-0.05, 0) is 31.4 Å². The number of nitrogens with zero attached hydrogens (tertiary/aromatic N) is 1. The van der Waals surface area contributed by atoms with Crippen LogP contribution in [-0.4, -0.2) is 61.6 Å². The number of piperazine rings is 1. The minimum Gasteiger partial charge on any atom is -0.493 e. The van der Waals surface area contributed by atoms with Crippen molar-refractivity contribution in [1.29, 1.82) is 0 Å². The van der Waals surface area contributed by atoms with Crippen molar-refractivity contribution >= 4 is 17.8 Å². The van der Waals surface area contributed by atoms with Gasteiger partial charge in [0.15, 0.2) is 17.6 Å². The fraction of sp³-hybridized carbons (Fsp3) is 0.571. The van der Waals surface area contributed by atoms with Gasteiger partial charge in [-0.3, -0.25) is 14.4 Å². The van der Waals surface area contributed by atoms with Crippen molar-refractivity contribution in [3.05, 3.63) is 24.3 Å².